The van der Waals surface area contributed by atoms with Crippen molar-refractivity contribution in [3.8, 4) is 0 Å². The van der Waals surface area contributed by atoms with Crippen molar-refractivity contribution in [2.24, 2.45) is 0 Å². The first kappa shape index (κ1) is 16.3. The van der Waals surface area contributed by atoms with E-state index >= 15 is 0 Å². The van der Waals surface area contributed by atoms with Gasteiger partial charge in [0.05, 0.1) is 0 Å². The number of ether oxygens (including phenoxy) is 1. The van der Waals surface area contributed by atoms with Crippen LogP contribution in [-0.4, -0.2) is 22.8 Å². The van der Waals surface area contributed by atoms with Crippen molar-refractivity contribution >= 4 is 11.9 Å². The zero-order valence-electron chi connectivity index (χ0n) is 13.0. The average molecular weight is 301 g/mol. The molecule has 0 unspecified atom stereocenters. The Morgan fingerprint density at radius 1 is 1.27 bits per heavy atom. The lowest BCUT2D eigenvalue weighted by Crippen LogP contribution is -2.40. The first-order valence-corrected chi connectivity index (χ1v) is 7.90. The Bertz CT molecular complexity index is 524. The minimum atomic E-state index is -0.380. The normalized spacial score (nSPS) is 17.6. The van der Waals surface area contributed by atoms with Gasteiger partial charge in [-0.25, -0.2) is 4.79 Å². The van der Waals surface area contributed by atoms with Crippen LogP contribution in [0.5, 0.6) is 0 Å². The van der Waals surface area contributed by atoms with E-state index in [4.69, 9.17) is 4.74 Å². The van der Waals surface area contributed by atoms with E-state index in [-0.39, 0.29) is 24.5 Å². The van der Waals surface area contributed by atoms with E-state index in [0.29, 0.717) is 6.42 Å². The van der Waals surface area contributed by atoms with Crippen molar-refractivity contribution in [1.29, 1.82) is 0 Å². The third kappa shape index (κ3) is 4.72. The molecule has 0 bridgehead atoms. The Morgan fingerprint density at radius 2 is 2.05 bits per heavy atom. The molecule has 1 aliphatic heterocycles. The molecule has 118 valence electrons. The monoisotopic (exact) mass is 301 g/mol. The van der Waals surface area contributed by atoms with Crippen molar-refractivity contribution in [3.63, 3.8) is 0 Å². The molecule has 1 heterocycles. The molecule has 1 aliphatic rings. The first-order valence-electron chi connectivity index (χ1n) is 7.90. The molecule has 0 radical (unpaired) electrons. The molecule has 0 N–H and O–H groups in total. The molecule has 1 amide bonds. The van der Waals surface area contributed by atoms with Crippen LogP contribution in [0.4, 0.5) is 4.79 Å². The molecular weight excluding hydrogens is 278 g/mol. The third-order valence-corrected chi connectivity index (χ3v) is 3.81. The van der Waals surface area contributed by atoms with Crippen molar-refractivity contribution in [3.05, 3.63) is 48.2 Å². The number of hydrogen-bond acceptors (Lipinski definition) is 3. The van der Waals surface area contributed by atoms with E-state index in [1.54, 1.807) is 11.1 Å². The quantitative estimate of drug-likeness (QED) is 0.744. The van der Waals surface area contributed by atoms with Gasteiger partial charge in [-0.05, 0) is 18.1 Å². The van der Waals surface area contributed by atoms with Gasteiger partial charge >= 0.3 is 6.09 Å². The van der Waals surface area contributed by atoms with Gasteiger partial charge in [0.2, 0.25) is 0 Å². The number of hydrogen-bond donors (Lipinski definition) is 0. The molecule has 0 aliphatic carbocycles. The summed E-state index contributed by atoms with van der Waals surface area (Å²) in [6, 6.07) is 9.51. The Kier molecular flexibility index (Phi) is 6.19. The maximum Gasteiger partial charge on any atom is 0.414 e. The number of rotatable bonds is 6. The molecule has 4 heteroatoms. The molecule has 4 nitrogen and oxygen atoms in total. The lowest BCUT2D eigenvalue weighted by molar-refractivity contribution is -0.116. The highest BCUT2D eigenvalue weighted by atomic mass is 16.6. The van der Waals surface area contributed by atoms with Gasteiger partial charge in [-0.15, -0.1) is 0 Å². The zero-order valence-corrected chi connectivity index (χ0v) is 13.0. The summed E-state index contributed by atoms with van der Waals surface area (Å²) >= 11 is 0. The predicted octanol–water partition coefficient (Wildman–Crippen LogP) is 4.06. The molecular formula is C18H23NO3. The van der Waals surface area contributed by atoms with Gasteiger partial charge in [0, 0.05) is 18.7 Å². The average Bonchev–Trinajstić information content (AvgIpc) is 2.54. The highest BCUT2D eigenvalue weighted by Gasteiger charge is 2.27. The molecule has 1 aromatic carbocycles. The van der Waals surface area contributed by atoms with Crippen LogP contribution in [0.25, 0.3) is 0 Å². The molecule has 0 spiro atoms. The summed E-state index contributed by atoms with van der Waals surface area (Å²) in [5.41, 5.74) is 0.954. The second-order valence-electron chi connectivity index (χ2n) is 5.58. The summed E-state index contributed by atoms with van der Waals surface area (Å²) in [6.07, 6.45) is 7.12. The SMILES string of the molecule is CCCCC[C@@H]1CC(=O)C=CN1C(=O)OCc1ccccc1. The Morgan fingerprint density at radius 3 is 2.77 bits per heavy atom. The number of carbonyl (C=O) groups is 2. The van der Waals surface area contributed by atoms with E-state index < -0.39 is 0 Å². The van der Waals surface area contributed by atoms with E-state index in [2.05, 4.69) is 6.92 Å². The summed E-state index contributed by atoms with van der Waals surface area (Å²) < 4.78 is 5.36. The Balaban J connectivity index is 1.92. The van der Waals surface area contributed by atoms with Gasteiger partial charge in [-0.1, -0.05) is 56.5 Å². The van der Waals surface area contributed by atoms with E-state index in [0.717, 1.165) is 31.2 Å². The number of carbonyl (C=O) groups excluding carboxylic acids is 2. The summed E-state index contributed by atoms with van der Waals surface area (Å²) in [6.45, 7) is 2.39. The fraction of sp³-hybridized carbons (Fsp3) is 0.444. The van der Waals surface area contributed by atoms with E-state index in [9.17, 15) is 9.59 Å². The Hall–Kier alpha value is -2.10. The van der Waals surface area contributed by atoms with Gasteiger partial charge in [-0.3, -0.25) is 9.69 Å². The molecule has 1 aromatic rings. The van der Waals surface area contributed by atoms with Crippen LogP contribution >= 0.6 is 0 Å². The Labute approximate surface area is 131 Å². The van der Waals surface area contributed by atoms with Crippen LogP contribution in [0.15, 0.2) is 42.6 Å². The molecule has 1 atom stereocenters. The largest absolute Gasteiger partial charge is 0.444 e. The summed E-state index contributed by atoms with van der Waals surface area (Å²) in [7, 11) is 0. The minimum absolute atomic E-state index is 0.0766. The molecule has 0 aromatic heterocycles. The second kappa shape index (κ2) is 8.37. The smallest absolute Gasteiger partial charge is 0.414 e. The number of nitrogens with zero attached hydrogens (tertiary/aromatic N) is 1. The van der Waals surface area contributed by atoms with Gasteiger partial charge in [-0.2, -0.15) is 0 Å². The number of unbranched alkanes of at least 4 members (excludes halogenated alkanes) is 2. The molecule has 22 heavy (non-hydrogen) atoms. The van der Waals surface area contributed by atoms with Crippen LogP contribution in [0, 0.1) is 0 Å². The minimum Gasteiger partial charge on any atom is -0.444 e. The fourth-order valence-corrected chi connectivity index (χ4v) is 2.56. The summed E-state index contributed by atoms with van der Waals surface area (Å²) in [4.78, 5) is 25.4. The summed E-state index contributed by atoms with van der Waals surface area (Å²) in [5.74, 6) is 0.0774. The van der Waals surface area contributed by atoms with Crippen LogP contribution in [0.1, 0.15) is 44.6 Å². The number of allylic oxidation sites excluding steroid dienone is 1. The molecule has 0 saturated heterocycles. The van der Waals surface area contributed by atoms with Crippen molar-refractivity contribution in [2.45, 2.75) is 51.7 Å². The number of amides is 1. The highest BCUT2D eigenvalue weighted by Crippen LogP contribution is 2.20. The van der Waals surface area contributed by atoms with Crippen LogP contribution in [0.2, 0.25) is 0 Å². The third-order valence-electron chi connectivity index (χ3n) is 3.81. The fourth-order valence-electron chi connectivity index (χ4n) is 2.56. The van der Waals surface area contributed by atoms with Gasteiger partial charge in [0.1, 0.15) is 6.61 Å². The molecule has 0 saturated carbocycles. The van der Waals surface area contributed by atoms with Crippen LogP contribution in [-0.2, 0) is 16.1 Å². The van der Waals surface area contributed by atoms with Crippen LogP contribution in [0.3, 0.4) is 0 Å². The molecule has 2 rings (SSSR count). The zero-order chi connectivity index (χ0) is 15.8. The van der Waals surface area contributed by atoms with Crippen LogP contribution < -0.4 is 0 Å². The lowest BCUT2D eigenvalue weighted by Gasteiger charge is -2.30. The lowest BCUT2D eigenvalue weighted by atomic mass is 9.99. The van der Waals surface area contributed by atoms with Crippen molar-refractivity contribution < 1.29 is 14.3 Å². The number of benzene rings is 1. The van der Waals surface area contributed by atoms with E-state index in [1.807, 2.05) is 30.3 Å². The van der Waals surface area contributed by atoms with Gasteiger partial charge in [0.15, 0.2) is 5.78 Å². The van der Waals surface area contributed by atoms with Gasteiger partial charge in [0.25, 0.3) is 0 Å². The highest BCUT2D eigenvalue weighted by molar-refractivity contribution is 5.92. The van der Waals surface area contributed by atoms with Gasteiger partial charge < -0.3 is 4.74 Å². The maximum atomic E-state index is 12.3. The molecule has 0 fully saturated rings. The second-order valence-corrected chi connectivity index (χ2v) is 5.58. The van der Waals surface area contributed by atoms with E-state index in [1.165, 1.54) is 6.08 Å². The number of ketones is 1. The summed E-state index contributed by atoms with van der Waals surface area (Å²) in [5, 5.41) is 0. The standard InChI is InChI=1S/C18H23NO3/c1-2-3-5-10-16-13-17(20)11-12-19(16)18(21)22-14-15-8-6-4-7-9-15/h4,6-9,11-12,16H,2-3,5,10,13-14H2,1H3/t16-/m1/s1. The topological polar surface area (TPSA) is 46.6 Å². The van der Waals surface area contributed by atoms with Crippen molar-refractivity contribution in [2.75, 3.05) is 0 Å². The maximum absolute atomic E-state index is 12.3. The first-order chi connectivity index (χ1) is 10.7. The van der Waals surface area contributed by atoms with Crippen molar-refractivity contribution in [1.82, 2.24) is 4.90 Å². The predicted molar refractivity (Wildman–Crippen MR) is 85.2 cm³/mol.